The first-order valence-corrected chi connectivity index (χ1v) is 5.51. The van der Waals surface area contributed by atoms with E-state index in [9.17, 15) is 4.79 Å². The Morgan fingerprint density at radius 2 is 2.12 bits per heavy atom. The molecule has 0 spiro atoms. The van der Waals surface area contributed by atoms with Crippen molar-refractivity contribution < 1.29 is 9.53 Å². The van der Waals surface area contributed by atoms with Crippen LogP contribution in [0, 0.1) is 0 Å². The van der Waals surface area contributed by atoms with Crippen molar-refractivity contribution in [3.8, 4) is 0 Å². The average Bonchev–Trinajstić information content (AvgIpc) is 2.30. The lowest BCUT2D eigenvalue weighted by molar-refractivity contribution is -0.141. The highest BCUT2D eigenvalue weighted by molar-refractivity contribution is 5.83. The molecule has 0 aliphatic heterocycles. The molecular weight excluding hydrogens is 202 g/mol. The molecule has 0 saturated heterocycles. The first-order valence-electron chi connectivity index (χ1n) is 5.51. The Morgan fingerprint density at radius 1 is 1.38 bits per heavy atom. The zero-order valence-electron chi connectivity index (χ0n) is 9.77. The molecule has 0 fully saturated rings. The van der Waals surface area contributed by atoms with Crippen LogP contribution < -0.4 is 0 Å². The second-order valence-corrected chi connectivity index (χ2v) is 3.33. The normalized spacial score (nSPS) is 10.6. The molecule has 1 rings (SSSR count). The quantitative estimate of drug-likeness (QED) is 0.562. The molecule has 0 saturated carbocycles. The Hall–Kier alpha value is -1.64. The maximum Gasteiger partial charge on any atom is 0.327 e. The van der Waals surface area contributed by atoms with Gasteiger partial charge in [0.2, 0.25) is 0 Å². The van der Waals surface area contributed by atoms with Gasteiger partial charge in [-0.2, -0.15) is 0 Å². The summed E-state index contributed by atoms with van der Waals surface area (Å²) in [5, 5.41) is 0. The van der Waals surface area contributed by atoms with Gasteiger partial charge in [0.1, 0.15) is 6.54 Å². The van der Waals surface area contributed by atoms with E-state index in [1.807, 2.05) is 18.2 Å². The number of hydrogen-bond donors (Lipinski definition) is 0. The van der Waals surface area contributed by atoms with Gasteiger partial charge in [-0.15, -0.1) is 0 Å². The molecule has 0 aliphatic rings. The lowest BCUT2D eigenvalue weighted by Crippen LogP contribution is -2.07. The highest BCUT2D eigenvalue weighted by Gasteiger charge is 1.99. The molecule has 0 unspecified atom stereocenters. The lowest BCUT2D eigenvalue weighted by Gasteiger charge is -2.01. The average molecular weight is 219 g/mol. The molecule has 1 aromatic rings. The fourth-order valence-electron chi connectivity index (χ4n) is 1.41. The molecular formula is C13H17NO2. The maximum absolute atomic E-state index is 11.1. The van der Waals surface area contributed by atoms with E-state index < -0.39 is 0 Å². The van der Waals surface area contributed by atoms with Crippen molar-refractivity contribution in [1.82, 2.24) is 0 Å². The van der Waals surface area contributed by atoms with Crippen LogP contribution in [0.3, 0.4) is 0 Å². The number of aliphatic imine (C=N–C) groups is 1. The second kappa shape index (κ2) is 6.77. The van der Waals surface area contributed by atoms with Crippen LogP contribution in [-0.4, -0.2) is 25.3 Å². The van der Waals surface area contributed by atoms with Crippen LogP contribution >= 0.6 is 0 Å². The number of aryl methyl sites for hydroxylation is 1. The summed E-state index contributed by atoms with van der Waals surface area (Å²) in [5.74, 6) is -0.285. The molecule has 0 heterocycles. The van der Waals surface area contributed by atoms with Gasteiger partial charge in [-0.05, 0) is 24.5 Å². The van der Waals surface area contributed by atoms with Crippen LogP contribution in [0.25, 0.3) is 0 Å². The van der Waals surface area contributed by atoms with Crippen LogP contribution in [0.4, 0.5) is 0 Å². The Balaban J connectivity index is 2.58. The third-order valence-electron chi connectivity index (χ3n) is 2.19. The molecule has 86 valence electrons. The van der Waals surface area contributed by atoms with E-state index in [1.54, 1.807) is 13.1 Å². The Bertz CT molecular complexity index is 372. The summed E-state index contributed by atoms with van der Waals surface area (Å²) in [6.07, 6.45) is 2.69. The summed E-state index contributed by atoms with van der Waals surface area (Å²) >= 11 is 0. The molecule has 3 heteroatoms. The molecule has 3 nitrogen and oxygen atoms in total. The van der Waals surface area contributed by atoms with Gasteiger partial charge in [0.25, 0.3) is 0 Å². The minimum absolute atomic E-state index is 0.0892. The van der Waals surface area contributed by atoms with Gasteiger partial charge in [0.05, 0.1) is 6.61 Å². The summed E-state index contributed by atoms with van der Waals surface area (Å²) in [5.41, 5.74) is 2.30. The Kier molecular flexibility index (Phi) is 5.26. The molecule has 16 heavy (non-hydrogen) atoms. The van der Waals surface area contributed by atoms with E-state index in [2.05, 4.69) is 18.0 Å². The highest BCUT2D eigenvalue weighted by atomic mass is 16.5. The van der Waals surface area contributed by atoms with Crippen molar-refractivity contribution in [3.63, 3.8) is 0 Å². The van der Waals surface area contributed by atoms with Crippen molar-refractivity contribution in [3.05, 3.63) is 35.4 Å². The molecule has 0 aliphatic carbocycles. The minimum atomic E-state index is -0.285. The van der Waals surface area contributed by atoms with Crippen LogP contribution in [0.15, 0.2) is 29.3 Å². The summed E-state index contributed by atoms with van der Waals surface area (Å²) < 4.78 is 4.78. The van der Waals surface area contributed by atoms with Gasteiger partial charge in [0.15, 0.2) is 0 Å². The number of ether oxygens (including phenoxy) is 1. The number of rotatable bonds is 5. The highest BCUT2D eigenvalue weighted by Crippen LogP contribution is 2.06. The Morgan fingerprint density at radius 3 is 2.81 bits per heavy atom. The summed E-state index contributed by atoms with van der Waals surface area (Å²) in [7, 11) is 0. The van der Waals surface area contributed by atoms with E-state index in [0.29, 0.717) is 6.61 Å². The third kappa shape index (κ3) is 3.85. The molecule has 0 radical (unpaired) electrons. The molecule has 0 aromatic heterocycles. The van der Waals surface area contributed by atoms with E-state index in [4.69, 9.17) is 4.74 Å². The summed E-state index contributed by atoms with van der Waals surface area (Å²) in [6.45, 7) is 4.37. The SMILES string of the molecule is CCOC(=O)CN=Cc1ccccc1CC. The van der Waals surface area contributed by atoms with E-state index >= 15 is 0 Å². The van der Waals surface area contributed by atoms with Crippen molar-refractivity contribution in [2.75, 3.05) is 13.2 Å². The molecule has 0 bridgehead atoms. The fraction of sp³-hybridized carbons (Fsp3) is 0.385. The molecule has 0 atom stereocenters. The number of benzene rings is 1. The largest absolute Gasteiger partial charge is 0.465 e. The van der Waals surface area contributed by atoms with Crippen LogP contribution in [0.5, 0.6) is 0 Å². The van der Waals surface area contributed by atoms with E-state index in [0.717, 1.165) is 12.0 Å². The number of carbonyl (C=O) groups is 1. The van der Waals surface area contributed by atoms with Gasteiger partial charge in [-0.1, -0.05) is 31.2 Å². The third-order valence-corrected chi connectivity index (χ3v) is 2.19. The second-order valence-electron chi connectivity index (χ2n) is 3.33. The smallest absolute Gasteiger partial charge is 0.327 e. The van der Waals surface area contributed by atoms with Gasteiger partial charge < -0.3 is 4.74 Å². The van der Waals surface area contributed by atoms with Crippen LogP contribution in [0.1, 0.15) is 25.0 Å². The first kappa shape index (κ1) is 12.4. The Labute approximate surface area is 96.2 Å². The van der Waals surface area contributed by atoms with E-state index in [1.165, 1.54) is 5.56 Å². The molecule has 1 aromatic carbocycles. The van der Waals surface area contributed by atoms with Crippen LogP contribution in [0.2, 0.25) is 0 Å². The van der Waals surface area contributed by atoms with Gasteiger partial charge in [-0.3, -0.25) is 9.79 Å². The maximum atomic E-state index is 11.1. The van der Waals surface area contributed by atoms with Crippen molar-refractivity contribution in [2.45, 2.75) is 20.3 Å². The number of nitrogens with zero attached hydrogens (tertiary/aromatic N) is 1. The van der Waals surface area contributed by atoms with Crippen molar-refractivity contribution in [2.24, 2.45) is 4.99 Å². The zero-order valence-corrected chi connectivity index (χ0v) is 9.77. The predicted octanol–water partition coefficient (Wildman–Crippen LogP) is 2.23. The monoisotopic (exact) mass is 219 g/mol. The zero-order chi connectivity index (χ0) is 11.8. The van der Waals surface area contributed by atoms with Crippen molar-refractivity contribution >= 4 is 12.2 Å². The summed E-state index contributed by atoms with van der Waals surface area (Å²) in [4.78, 5) is 15.1. The van der Waals surface area contributed by atoms with Crippen LogP contribution in [-0.2, 0) is 16.0 Å². The number of carbonyl (C=O) groups excluding carboxylic acids is 1. The van der Waals surface area contributed by atoms with Crippen molar-refractivity contribution in [1.29, 1.82) is 0 Å². The number of esters is 1. The lowest BCUT2D eigenvalue weighted by atomic mass is 10.1. The van der Waals surface area contributed by atoms with Gasteiger partial charge in [-0.25, -0.2) is 0 Å². The number of hydrogen-bond acceptors (Lipinski definition) is 3. The predicted molar refractivity (Wildman–Crippen MR) is 64.9 cm³/mol. The van der Waals surface area contributed by atoms with Gasteiger partial charge >= 0.3 is 5.97 Å². The van der Waals surface area contributed by atoms with Gasteiger partial charge in [0, 0.05) is 6.21 Å². The standard InChI is InChI=1S/C13H17NO2/c1-3-11-7-5-6-8-12(11)9-14-10-13(15)16-4-2/h5-9H,3-4,10H2,1-2H3. The topological polar surface area (TPSA) is 38.7 Å². The molecule has 0 N–H and O–H groups in total. The van der Waals surface area contributed by atoms with E-state index in [-0.39, 0.29) is 12.5 Å². The first-order chi connectivity index (χ1) is 7.77. The summed E-state index contributed by atoms with van der Waals surface area (Å²) in [6, 6.07) is 8.02. The minimum Gasteiger partial charge on any atom is -0.465 e. The molecule has 0 amide bonds. The fourth-order valence-corrected chi connectivity index (χ4v) is 1.41.